The number of urea groups is 1. The zero-order valence-corrected chi connectivity index (χ0v) is 15.4. The SMILES string of the molecule is CC(=O)N1CC2CN(C(=O)NC3CCCCC3)CCN2C(C)(C)C1. The molecule has 6 heteroatoms. The summed E-state index contributed by atoms with van der Waals surface area (Å²) in [4.78, 5) is 30.9. The van der Waals surface area contributed by atoms with Crippen LogP contribution >= 0.6 is 0 Å². The fourth-order valence-corrected chi connectivity index (χ4v) is 4.62. The van der Waals surface area contributed by atoms with Crippen molar-refractivity contribution in [2.45, 2.75) is 70.5 Å². The molecule has 2 heterocycles. The molecule has 2 aliphatic heterocycles. The van der Waals surface area contributed by atoms with Gasteiger partial charge in [0.1, 0.15) is 0 Å². The maximum atomic E-state index is 12.6. The van der Waals surface area contributed by atoms with Gasteiger partial charge < -0.3 is 15.1 Å². The van der Waals surface area contributed by atoms with Gasteiger partial charge in [-0.15, -0.1) is 0 Å². The van der Waals surface area contributed by atoms with E-state index in [4.69, 9.17) is 0 Å². The van der Waals surface area contributed by atoms with Gasteiger partial charge in [-0.1, -0.05) is 19.3 Å². The first-order chi connectivity index (χ1) is 11.4. The van der Waals surface area contributed by atoms with Crippen molar-refractivity contribution in [3.63, 3.8) is 0 Å². The minimum absolute atomic E-state index is 0.0273. The van der Waals surface area contributed by atoms with E-state index in [9.17, 15) is 9.59 Å². The summed E-state index contributed by atoms with van der Waals surface area (Å²) in [7, 11) is 0. The summed E-state index contributed by atoms with van der Waals surface area (Å²) in [6, 6.07) is 0.670. The highest BCUT2D eigenvalue weighted by Crippen LogP contribution is 2.28. The van der Waals surface area contributed by atoms with Crippen LogP contribution in [0, 0.1) is 0 Å². The van der Waals surface area contributed by atoms with Crippen LogP contribution in [0.2, 0.25) is 0 Å². The fourth-order valence-electron chi connectivity index (χ4n) is 4.62. The van der Waals surface area contributed by atoms with E-state index in [-0.39, 0.29) is 23.5 Å². The van der Waals surface area contributed by atoms with Crippen molar-refractivity contribution in [1.29, 1.82) is 0 Å². The second kappa shape index (κ2) is 6.90. The largest absolute Gasteiger partial charge is 0.339 e. The molecule has 3 amide bonds. The van der Waals surface area contributed by atoms with Crippen LogP contribution in [-0.4, -0.2) is 77.0 Å². The summed E-state index contributed by atoms with van der Waals surface area (Å²) >= 11 is 0. The second-order valence-electron chi connectivity index (χ2n) is 8.29. The number of rotatable bonds is 1. The average Bonchev–Trinajstić information content (AvgIpc) is 2.54. The molecule has 1 aliphatic carbocycles. The first-order valence-electron chi connectivity index (χ1n) is 9.44. The molecule has 0 spiro atoms. The molecule has 1 atom stereocenters. The summed E-state index contributed by atoms with van der Waals surface area (Å²) in [5.41, 5.74) is -0.0273. The van der Waals surface area contributed by atoms with Crippen molar-refractivity contribution in [2.75, 3.05) is 32.7 Å². The van der Waals surface area contributed by atoms with Crippen molar-refractivity contribution >= 4 is 11.9 Å². The van der Waals surface area contributed by atoms with Crippen LogP contribution in [-0.2, 0) is 4.79 Å². The molecule has 3 fully saturated rings. The third-order valence-corrected chi connectivity index (χ3v) is 5.93. The zero-order valence-electron chi connectivity index (χ0n) is 15.4. The lowest BCUT2D eigenvalue weighted by Crippen LogP contribution is -2.71. The number of nitrogens with one attached hydrogen (secondary N) is 1. The Kier molecular flexibility index (Phi) is 5.04. The highest BCUT2D eigenvalue weighted by molar-refractivity contribution is 5.75. The van der Waals surface area contributed by atoms with Gasteiger partial charge in [0, 0.05) is 57.3 Å². The highest BCUT2D eigenvalue weighted by atomic mass is 16.2. The predicted octanol–water partition coefficient (Wildman–Crippen LogP) is 1.66. The molecular formula is C18H32N4O2. The first kappa shape index (κ1) is 17.5. The molecule has 136 valence electrons. The van der Waals surface area contributed by atoms with E-state index in [0.29, 0.717) is 12.6 Å². The average molecular weight is 336 g/mol. The number of amides is 3. The lowest BCUT2D eigenvalue weighted by atomic mass is 9.92. The highest BCUT2D eigenvalue weighted by Gasteiger charge is 2.44. The Morgan fingerprint density at radius 2 is 1.67 bits per heavy atom. The van der Waals surface area contributed by atoms with Gasteiger partial charge >= 0.3 is 6.03 Å². The molecule has 24 heavy (non-hydrogen) atoms. The predicted molar refractivity (Wildman–Crippen MR) is 93.8 cm³/mol. The molecule has 0 aromatic rings. The Morgan fingerprint density at radius 1 is 1.00 bits per heavy atom. The molecular weight excluding hydrogens is 304 g/mol. The lowest BCUT2D eigenvalue weighted by Gasteiger charge is -2.55. The molecule has 3 aliphatic rings. The molecule has 3 rings (SSSR count). The van der Waals surface area contributed by atoms with E-state index >= 15 is 0 Å². The Labute approximate surface area is 145 Å². The van der Waals surface area contributed by atoms with Gasteiger partial charge in [-0.05, 0) is 26.7 Å². The molecule has 2 saturated heterocycles. The van der Waals surface area contributed by atoms with Crippen LogP contribution in [0.4, 0.5) is 4.79 Å². The van der Waals surface area contributed by atoms with Gasteiger partial charge in [0.2, 0.25) is 5.91 Å². The molecule has 0 bridgehead atoms. The van der Waals surface area contributed by atoms with Gasteiger partial charge in [0.05, 0.1) is 0 Å². The standard InChI is InChI=1S/C18H32N4O2/c1-14(23)21-12-16-11-20(9-10-22(16)18(2,3)13-21)17(24)19-15-7-5-4-6-8-15/h15-16H,4-13H2,1-3H3,(H,19,24). The maximum Gasteiger partial charge on any atom is 0.317 e. The van der Waals surface area contributed by atoms with Gasteiger partial charge in [-0.25, -0.2) is 4.79 Å². The van der Waals surface area contributed by atoms with E-state index in [1.54, 1.807) is 6.92 Å². The van der Waals surface area contributed by atoms with Crippen molar-refractivity contribution in [2.24, 2.45) is 0 Å². The number of hydrogen-bond donors (Lipinski definition) is 1. The zero-order chi connectivity index (χ0) is 17.3. The van der Waals surface area contributed by atoms with E-state index in [1.165, 1.54) is 19.3 Å². The lowest BCUT2D eigenvalue weighted by molar-refractivity contribution is -0.138. The Morgan fingerprint density at radius 3 is 2.33 bits per heavy atom. The summed E-state index contributed by atoms with van der Waals surface area (Å²) < 4.78 is 0. The van der Waals surface area contributed by atoms with Crippen LogP contribution in [0.1, 0.15) is 52.9 Å². The Balaban J connectivity index is 1.61. The van der Waals surface area contributed by atoms with Crippen molar-refractivity contribution in [3.05, 3.63) is 0 Å². The molecule has 0 radical (unpaired) electrons. The van der Waals surface area contributed by atoms with Crippen molar-refractivity contribution in [1.82, 2.24) is 20.0 Å². The quantitative estimate of drug-likeness (QED) is 0.792. The third kappa shape index (κ3) is 3.68. The number of hydrogen-bond acceptors (Lipinski definition) is 3. The minimum atomic E-state index is -0.0273. The van der Waals surface area contributed by atoms with Crippen LogP contribution in [0.5, 0.6) is 0 Å². The normalized spacial score (nSPS) is 28.4. The monoisotopic (exact) mass is 336 g/mol. The van der Waals surface area contributed by atoms with Gasteiger partial charge in [0.25, 0.3) is 0 Å². The van der Waals surface area contributed by atoms with E-state index < -0.39 is 0 Å². The number of carbonyl (C=O) groups excluding carboxylic acids is 2. The van der Waals surface area contributed by atoms with Crippen molar-refractivity contribution < 1.29 is 9.59 Å². The topological polar surface area (TPSA) is 55.9 Å². The Hall–Kier alpha value is -1.30. The smallest absolute Gasteiger partial charge is 0.317 e. The summed E-state index contributed by atoms with van der Waals surface area (Å²) in [6.07, 6.45) is 5.97. The van der Waals surface area contributed by atoms with Crippen molar-refractivity contribution in [3.8, 4) is 0 Å². The third-order valence-electron chi connectivity index (χ3n) is 5.93. The number of carbonyl (C=O) groups is 2. The fraction of sp³-hybridized carbons (Fsp3) is 0.889. The van der Waals surface area contributed by atoms with Gasteiger partial charge in [-0.3, -0.25) is 9.69 Å². The summed E-state index contributed by atoms with van der Waals surface area (Å²) in [5, 5.41) is 3.23. The second-order valence-corrected chi connectivity index (χ2v) is 8.29. The first-order valence-corrected chi connectivity index (χ1v) is 9.44. The van der Waals surface area contributed by atoms with E-state index in [0.717, 1.165) is 39.0 Å². The molecule has 1 saturated carbocycles. The Bertz CT molecular complexity index is 487. The molecule has 0 aromatic carbocycles. The molecule has 0 aromatic heterocycles. The van der Waals surface area contributed by atoms with E-state index in [1.807, 2.05) is 9.80 Å². The van der Waals surface area contributed by atoms with E-state index in [2.05, 4.69) is 24.1 Å². The number of fused-ring (bicyclic) bond motifs is 1. The van der Waals surface area contributed by atoms with Gasteiger partial charge in [-0.2, -0.15) is 0 Å². The van der Waals surface area contributed by atoms with Gasteiger partial charge in [0.15, 0.2) is 0 Å². The number of piperazine rings is 2. The minimum Gasteiger partial charge on any atom is -0.339 e. The van der Waals surface area contributed by atoms with Crippen LogP contribution in [0.25, 0.3) is 0 Å². The maximum absolute atomic E-state index is 12.6. The van der Waals surface area contributed by atoms with Crippen LogP contribution < -0.4 is 5.32 Å². The molecule has 6 nitrogen and oxygen atoms in total. The molecule has 1 N–H and O–H groups in total. The summed E-state index contributed by atoms with van der Waals surface area (Å²) in [6.45, 7) is 9.92. The van der Waals surface area contributed by atoms with Crippen LogP contribution in [0.15, 0.2) is 0 Å². The molecule has 1 unspecified atom stereocenters. The summed E-state index contributed by atoms with van der Waals surface area (Å²) in [5.74, 6) is 0.131. The number of nitrogens with zero attached hydrogens (tertiary/aromatic N) is 3. The van der Waals surface area contributed by atoms with Crippen LogP contribution in [0.3, 0.4) is 0 Å².